The summed E-state index contributed by atoms with van der Waals surface area (Å²) in [5.41, 5.74) is 4.65. The molecule has 25 heavy (non-hydrogen) atoms. The summed E-state index contributed by atoms with van der Waals surface area (Å²) in [7, 11) is 2.08. The highest BCUT2D eigenvalue weighted by atomic mass is 15.3. The van der Waals surface area contributed by atoms with Gasteiger partial charge in [-0.1, -0.05) is 42.5 Å². The Hall–Kier alpha value is -3.20. The van der Waals surface area contributed by atoms with Crippen molar-refractivity contribution < 1.29 is 0 Å². The third-order valence-corrected chi connectivity index (χ3v) is 4.32. The lowest BCUT2D eigenvalue weighted by atomic mass is 10.1. The number of rotatable bonds is 4. The molecule has 3 nitrogen and oxygen atoms in total. The summed E-state index contributed by atoms with van der Waals surface area (Å²) in [6.45, 7) is 0.875. The van der Waals surface area contributed by atoms with Crippen LogP contribution in [0, 0.1) is 0 Å². The maximum Gasteiger partial charge on any atom is 0.0938 e. The summed E-state index contributed by atoms with van der Waals surface area (Å²) in [6.07, 6.45) is 4.22. The summed E-state index contributed by atoms with van der Waals surface area (Å²) in [4.78, 5) is 6.70. The lowest BCUT2D eigenvalue weighted by Crippen LogP contribution is -2.21. The van der Waals surface area contributed by atoms with Crippen molar-refractivity contribution in [2.75, 3.05) is 23.5 Å². The van der Waals surface area contributed by atoms with Crippen molar-refractivity contribution in [1.29, 1.82) is 0 Å². The molecule has 0 saturated heterocycles. The second kappa shape index (κ2) is 6.73. The molecule has 1 aliphatic heterocycles. The molecule has 3 heteroatoms. The fourth-order valence-electron chi connectivity index (χ4n) is 3.11. The lowest BCUT2D eigenvalue weighted by Gasteiger charge is -2.27. The Morgan fingerprint density at radius 1 is 0.680 bits per heavy atom. The Labute approximate surface area is 149 Å². The minimum Gasteiger partial charge on any atom is -0.361 e. The quantitative estimate of drug-likeness (QED) is 0.640. The molecule has 0 saturated carbocycles. The standard InChI is InChI=1S/C22H21N3/c1-23-15-16-24(18-23)21-13-8-14-22(17-21)25(19-9-4-2-5-10-19)20-11-6-3-7-12-20/h2-17H,18H2,1H3. The van der Waals surface area contributed by atoms with Crippen molar-refractivity contribution >= 4 is 22.7 Å². The van der Waals surface area contributed by atoms with Crippen molar-refractivity contribution in [3.8, 4) is 0 Å². The zero-order valence-corrected chi connectivity index (χ0v) is 14.3. The van der Waals surface area contributed by atoms with Gasteiger partial charge in [0, 0.05) is 42.2 Å². The van der Waals surface area contributed by atoms with Gasteiger partial charge in [0.25, 0.3) is 0 Å². The first kappa shape index (κ1) is 15.3. The third-order valence-electron chi connectivity index (χ3n) is 4.32. The van der Waals surface area contributed by atoms with Crippen LogP contribution in [-0.4, -0.2) is 18.6 Å². The predicted octanol–water partition coefficient (Wildman–Crippen LogP) is 5.34. The molecular weight excluding hydrogens is 306 g/mol. The summed E-state index contributed by atoms with van der Waals surface area (Å²) >= 11 is 0. The van der Waals surface area contributed by atoms with E-state index in [1.165, 1.54) is 5.69 Å². The monoisotopic (exact) mass is 327 g/mol. The molecule has 1 heterocycles. The molecule has 0 amide bonds. The van der Waals surface area contributed by atoms with E-state index in [2.05, 4.69) is 107 Å². The third kappa shape index (κ3) is 3.22. The van der Waals surface area contributed by atoms with E-state index in [0.29, 0.717) is 0 Å². The van der Waals surface area contributed by atoms with Crippen LogP contribution in [0.3, 0.4) is 0 Å². The van der Waals surface area contributed by atoms with Gasteiger partial charge in [-0.15, -0.1) is 0 Å². The van der Waals surface area contributed by atoms with Crippen LogP contribution >= 0.6 is 0 Å². The van der Waals surface area contributed by atoms with Gasteiger partial charge in [-0.05, 0) is 42.5 Å². The first-order valence-corrected chi connectivity index (χ1v) is 8.47. The van der Waals surface area contributed by atoms with Crippen LogP contribution in [0.15, 0.2) is 97.3 Å². The first-order chi connectivity index (χ1) is 12.3. The van der Waals surface area contributed by atoms with Crippen molar-refractivity contribution in [3.05, 3.63) is 97.3 Å². The first-order valence-electron chi connectivity index (χ1n) is 8.47. The van der Waals surface area contributed by atoms with E-state index in [0.717, 1.165) is 23.7 Å². The molecular formula is C22H21N3. The zero-order valence-electron chi connectivity index (χ0n) is 14.3. The second-order valence-corrected chi connectivity index (χ2v) is 6.19. The molecule has 0 spiro atoms. The van der Waals surface area contributed by atoms with Crippen LogP contribution in [0.4, 0.5) is 22.7 Å². The van der Waals surface area contributed by atoms with Gasteiger partial charge in [-0.2, -0.15) is 0 Å². The fourth-order valence-corrected chi connectivity index (χ4v) is 3.11. The van der Waals surface area contributed by atoms with E-state index in [-0.39, 0.29) is 0 Å². The summed E-state index contributed by atoms with van der Waals surface area (Å²) in [6, 6.07) is 29.6. The topological polar surface area (TPSA) is 9.72 Å². The van der Waals surface area contributed by atoms with E-state index in [1.54, 1.807) is 0 Å². The number of benzene rings is 3. The van der Waals surface area contributed by atoms with Gasteiger partial charge in [0.15, 0.2) is 0 Å². The summed E-state index contributed by atoms with van der Waals surface area (Å²) in [5.74, 6) is 0. The van der Waals surface area contributed by atoms with E-state index in [9.17, 15) is 0 Å². The molecule has 0 fully saturated rings. The van der Waals surface area contributed by atoms with Gasteiger partial charge >= 0.3 is 0 Å². The molecule has 124 valence electrons. The Balaban J connectivity index is 1.77. The molecule has 4 rings (SSSR count). The highest BCUT2D eigenvalue weighted by Crippen LogP contribution is 2.36. The van der Waals surface area contributed by atoms with E-state index >= 15 is 0 Å². The van der Waals surface area contributed by atoms with Crippen molar-refractivity contribution in [3.63, 3.8) is 0 Å². The van der Waals surface area contributed by atoms with E-state index in [4.69, 9.17) is 0 Å². The molecule has 1 aliphatic rings. The average molecular weight is 327 g/mol. The highest BCUT2D eigenvalue weighted by Gasteiger charge is 2.15. The zero-order chi connectivity index (χ0) is 17.1. The molecule has 0 aromatic heterocycles. The van der Waals surface area contributed by atoms with Gasteiger partial charge in [0.2, 0.25) is 0 Å². The number of anilines is 4. The minimum atomic E-state index is 0.875. The van der Waals surface area contributed by atoms with Crippen LogP contribution in [0.5, 0.6) is 0 Å². The summed E-state index contributed by atoms with van der Waals surface area (Å²) < 4.78 is 0. The van der Waals surface area contributed by atoms with Gasteiger partial charge in [0.1, 0.15) is 0 Å². The van der Waals surface area contributed by atoms with Crippen molar-refractivity contribution in [2.45, 2.75) is 0 Å². The number of nitrogens with zero attached hydrogens (tertiary/aromatic N) is 3. The van der Waals surface area contributed by atoms with Crippen LogP contribution in [0.2, 0.25) is 0 Å². The van der Waals surface area contributed by atoms with Gasteiger partial charge in [-0.25, -0.2) is 0 Å². The number of para-hydroxylation sites is 2. The summed E-state index contributed by atoms with van der Waals surface area (Å²) in [5, 5.41) is 0. The molecule has 0 N–H and O–H groups in total. The Kier molecular flexibility index (Phi) is 4.13. The van der Waals surface area contributed by atoms with Gasteiger partial charge in [0.05, 0.1) is 6.67 Å². The largest absolute Gasteiger partial charge is 0.361 e. The Morgan fingerprint density at radius 2 is 1.28 bits per heavy atom. The van der Waals surface area contributed by atoms with Crippen molar-refractivity contribution in [1.82, 2.24) is 4.90 Å². The smallest absolute Gasteiger partial charge is 0.0938 e. The maximum absolute atomic E-state index is 2.28. The van der Waals surface area contributed by atoms with E-state index in [1.807, 2.05) is 12.1 Å². The number of hydrogen-bond donors (Lipinski definition) is 0. The average Bonchev–Trinajstić information content (AvgIpc) is 3.11. The van der Waals surface area contributed by atoms with Crippen molar-refractivity contribution in [2.24, 2.45) is 0 Å². The molecule has 0 radical (unpaired) electrons. The highest BCUT2D eigenvalue weighted by molar-refractivity contribution is 5.78. The Bertz CT molecular complexity index is 819. The molecule has 0 aliphatic carbocycles. The fraction of sp³-hybridized carbons (Fsp3) is 0.0909. The van der Waals surface area contributed by atoms with Crippen LogP contribution in [0.25, 0.3) is 0 Å². The normalized spacial score (nSPS) is 13.3. The lowest BCUT2D eigenvalue weighted by molar-refractivity contribution is 0.496. The second-order valence-electron chi connectivity index (χ2n) is 6.19. The van der Waals surface area contributed by atoms with Gasteiger partial charge in [-0.3, -0.25) is 0 Å². The molecule has 3 aromatic rings. The van der Waals surface area contributed by atoms with Crippen LogP contribution in [0.1, 0.15) is 0 Å². The van der Waals surface area contributed by atoms with Gasteiger partial charge < -0.3 is 14.7 Å². The molecule has 0 unspecified atom stereocenters. The maximum atomic E-state index is 2.28. The minimum absolute atomic E-state index is 0.875. The predicted molar refractivity (Wildman–Crippen MR) is 105 cm³/mol. The molecule has 3 aromatic carbocycles. The number of hydrogen-bond acceptors (Lipinski definition) is 3. The van der Waals surface area contributed by atoms with Crippen LogP contribution < -0.4 is 9.80 Å². The SMILES string of the molecule is CN1C=CN(c2cccc(N(c3ccccc3)c3ccccc3)c2)C1. The van der Waals surface area contributed by atoms with E-state index < -0.39 is 0 Å². The Morgan fingerprint density at radius 3 is 1.84 bits per heavy atom. The molecule has 0 atom stereocenters. The van der Waals surface area contributed by atoms with Crippen LogP contribution in [-0.2, 0) is 0 Å². The molecule has 0 bridgehead atoms.